The van der Waals surface area contributed by atoms with Gasteiger partial charge in [-0.1, -0.05) is 44.4 Å². The fourth-order valence-corrected chi connectivity index (χ4v) is 3.05. The van der Waals surface area contributed by atoms with E-state index in [1.165, 1.54) is 31.4 Å². The average Bonchev–Trinajstić information content (AvgIpc) is 2.39. The first-order valence-electron chi connectivity index (χ1n) is 7.15. The van der Waals surface area contributed by atoms with Crippen LogP contribution in [0.1, 0.15) is 50.2 Å². The van der Waals surface area contributed by atoms with E-state index < -0.39 is 11.7 Å². The van der Waals surface area contributed by atoms with Gasteiger partial charge in [0.1, 0.15) is 0 Å². The monoisotopic (exact) mass is 270 g/mol. The lowest BCUT2D eigenvalue weighted by Gasteiger charge is -2.27. The number of rotatable bonds is 3. The van der Waals surface area contributed by atoms with Gasteiger partial charge in [-0.2, -0.15) is 13.2 Å². The Morgan fingerprint density at radius 1 is 1.05 bits per heavy atom. The summed E-state index contributed by atoms with van der Waals surface area (Å²) < 4.78 is 37.9. The predicted octanol–water partition coefficient (Wildman–Crippen LogP) is 5.46. The Hall–Kier alpha value is -0.990. The maximum atomic E-state index is 12.6. The summed E-state index contributed by atoms with van der Waals surface area (Å²) in [5.74, 6) is 1.39. The second-order valence-electron chi connectivity index (χ2n) is 5.70. The van der Waals surface area contributed by atoms with Gasteiger partial charge in [-0.3, -0.25) is 0 Å². The van der Waals surface area contributed by atoms with Gasteiger partial charge >= 0.3 is 6.18 Å². The molecule has 3 heteroatoms. The van der Waals surface area contributed by atoms with Gasteiger partial charge in [-0.25, -0.2) is 0 Å². The second kappa shape index (κ2) is 5.98. The van der Waals surface area contributed by atoms with E-state index in [0.717, 1.165) is 36.8 Å². The third kappa shape index (κ3) is 3.99. The maximum absolute atomic E-state index is 12.6. The van der Waals surface area contributed by atoms with E-state index >= 15 is 0 Å². The zero-order chi connectivity index (χ0) is 13.9. The SMILES string of the molecule is CCC1CCC(Cc2cccc(C(F)(F)F)c2)CC1. The Labute approximate surface area is 113 Å². The average molecular weight is 270 g/mol. The van der Waals surface area contributed by atoms with Gasteiger partial charge in [-0.05, 0) is 42.7 Å². The van der Waals surface area contributed by atoms with Gasteiger partial charge in [0.25, 0.3) is 0 Å². The van der Waals surface area contributed by atoms with Crippen molar-refractivity contribution in [2.45, 2.75) is 51.6 Å². The van der Waals surface area contributed by atoms with Gasteiger partial charge in [0.2, 0.25) is 0 Å². The standard InChI is InChI=1S/C16H21F3/c1-2-12-6-8-13(9-7-12)10-14-4-3-5-15(11-14)16(17,18)19/h3-5,11-13H,2,6-10H2,1H3. The van der Waals surface area contributed by atoms with Crippen LogP contribution in [0.3, 0.4) is 0 Å². The Balaban J connectivity index is 1.97. The fourth-order valence-electron chi connectivity index (χ4n) is 3.05. The van der Waals surface area contributed by atoms with Gasteiger partial charge in [0, 0.05) is 0 Å². The first-order chi connectivity index (χ1) is 8.99. The van der Waals surface area contributed by atoms with Crippen molar-refractivity contribution in [1.29, 1.82) is 0 Å². The molecule has 106 valence electrons. The van der Waals surface area contributed by atoms with Crippen molar-refractivity contribution >= 4 is 0 Å². The number of hydrogen-bond acceptors (Lipinski definition) is 0. The number of halogens is 3. The highest BCUT2D eigenvalue weighted by Crippen LogP contribution is 2.34. The van der Waals surface area contributed by atoms with Crippen molar-refractivity contribution in [3.8, 4) is 0 Å². The largest absolute Gasteiger partial charge is 0.416 e. The Morgan fingerprint density at radius 2 is 1.68 bits per heavy atom. The minimum Gasteiger partial charge on any atom is -0.166 e. The second-order valence-corrected chi connectivity index (χ2v) is 5.70. The summed E-state index contributed by atoms with van der Waals surface area (Å²) in [6.45, 7) is 2.22. The molecule has 19 heavy (non-hydrogen) atoms. The summed E-state index contributed by atoms with van der Waals surface area (Å²) in [5, 5.41) is 0. The van der Waals surface area contributed by atoms with E-state index in [2.05, 4.69) is 6.92 Å². The zero-order valence-electron chi connectivity index (χ0n) is 11.3. The first-order valence-corrected chi connectivity index (χ1v) is 7.15. The highest BCUT2D eigenvalue weighted by molar-refractivity contribution is 5.26. The molecule has 0 aliphatic heterocycles. The van der Waals surface area contributed by atoms with Crippen LogP contribution in [0.4, 0.5) is 13.2 Å². The number of benzene rings is 1. The maximum Gasteiger partial charge on any atom is 0.416 e. The quantitative estimate of drug-likeness (QED) is 0.683. The molecule has 0 spiro atoms. The van der Waals surface area contributed by atoms with Crippen molar-refractivity contribution in [1.82, 2.24) is 0 Å². The van der Waals surface area contributed by atoms with E-state index in [9.17, 15) is 13.2 Å². The van der Waals surface area contributed by atoms with Crippen molar-refractivity contribution < 1.29 is 13.2 Å². The summed E-state index contributed by atoms with van der Waals surface area (Å²) in [6, 6.07) is 5.81. The predicted molar refractivity (Wildman–Crippen MR) is 70.9 cm³/mol. The van der Waals surface area contributed by atoms with Crippen LogP contribution in [-0.2, 0) is 12.6 Å². The number of alkyl halides is 3. The van der Waals surface area contributed by atoms with Crippen LogP contribution in [0.15, 0.2) is 24.3 Å². The topological polar surface area (TPSA) is 0 Å². The lowest BCUT2D eigenvalue weighted by Crippen LogP contribution is -2.16. The summed E-state index contributed by atoms with van der Waals surface area (Å²) in [6.07, 6.45) is 2.59. The molecule has 2 rings (SSSR count). The third-order valence-electron chi connectivity index (χ3n) is 4.32. The highest BCUT2D eigenvalue weighted by atomic mass is 19.4. The highest BCUT2D eigenvalue weighted by Gasteiger charge is 2.30. The third-order valence-corrected chi connectivity index (χ3v) is 4.32. The molecule has 1 aliphatic rings. The molecule has 1 saturated carbocycles. The molecule has 0 nitrogen and oxygen atoms in total. The molecule has 1 aromatic rings. The van der Waals surface area contributed by atoms with Crippen LogP contribution < -0.4 is 0 Å². The van der Waals surface area contributed by atoms with Crippen LogP contribution in [0, 0.1) is 11.8 Å². The Bertz CT molecular complexity index is 401. The minimum atomic E-state index is -4.23. The van der Waals surface area contributed by atoms with Crippen molar-refractivity contribution in [3.05, 3.63) is 35.4 Å². The lowest BCUT2D eigenvalue weighted by molar-refractivity contribution is -0.137. The van der Waals surface area contributed by atoms with Crippen LogP contribution in [-0.4, -0.2) is 0 Å². The lowest BCUT2D eigenvalue weighted by atomic mass is 9.78. The molecule has 0 aromatic heterocycles. The molecule has 0 heterocycles. The van der Waals surface area contributed by atoms with E-state index in [0.29, 0.717) is 5.92 Å². The normalized spacial score (nSPS) is 24.4. The first kappa shape index (κ1) is 14.4. The Morgan fingerprint density at radius 3 is 2.26 bits per heavy atom. The molecule has 0 bridgehead atoms. The molecular weight excluding hydrogens is 249 g/mol. The van der Waals surface area contributed by atoms with Gasteiger partial charge in [0.15, 0.2) is 0 Å². The zero-order valence-corrected chi connectivity index (χ0v) is 11.3. The summed E-state index contributed by atoms with van der Waals surface area (Å²) in [4.78, 5) is 0. The summed E-state index contributed by atoms with van der Waals surface area (Å²) in [5.41, 5.74) is 0.307. The van der Waals surface area contributed by atoms with Gasteiger partial charge in [-0.15, -0.1) is 0 Å². The van der Waals surface area contributed by atoms with E-state index in [1.54, 1.807) is 0 Å². The molecule has 1 fully saturated rings. The van der Waals surface area contributed by atoms with Gasteiger partial charge < -0.3 is 0 Å². The van der Waals surface area contributed by atoms with Crippen molar-refractivity contribution in [3.63, 3.8) is 0 Å². The van der Waals surface area contributed by atoms with E-state index in [1.807, 2.05) is 6.07 Å². The van der Waals surface area contributed by atoms with Gasteiger partial charge in [0.05, 0.1) is 5.56 Å². The fraction of sp³-hybridized carbons (Fsp3) is 0.625. The molecule has 0 unspecified atom stereocenters. The molecular formula is C16H21F3. The molecule has 0 saturated heterocycles. The van der Waals surface area contributed by atoms with Crippen LogP contribution in [0.2, 0.25) is 0 Å². The molecule has 0 radical (unpaired) electrons. The van der Waals surface area contributed by atoms with Crippen molar-refractivity contribution in [2.75, 3.05) is 0 Å². The minimum absolute atomic E-state index is 0.521. The van der Waals surface area contributed by atoms with Crippen LogP contribution >= 0.6 is 0 Å². The molecule has 0 N–H and O–H groups in total. The molecule has 0 atom stereocenters. The smallest absolute Gasteiger partial charge is 0.166 e. The molecule has 1 aliphatic carbocycles. The van der Waals surface area contributed by atoms with Crippen LogP contribution in [0.5, 0.6) is 0 Å². The molecule has 0 amide bonds. The van der Waals surface area contributed by atoms with Crippen molar-refractivity contribution in [2.24, 2.45) is 11.8 Å². The van der Waals surface area contributed by atoms with E-state index in [-0.39, 0.29) is 0 Å². The Kier molecular flexibility index (Phi) is 4.54. The summed E-state index contributed by atoms with van der Waals surface area (Å²) in [7, 11) is 0. The summed E-state index contributed by atoms with van der Waals surface area (Å²) >= 11 is 0. The number of hydrogen-bond donors (Lipinski definition) is 0. The van der Waals surface area contributed by atoms with Crippen LogP contribution in [0.25, 0.3) is 0 Å². The van der Waals surface area contributed by atoms with E-state index in [4.69, 9.17) is 0 Å². The molecule has 1 aromatic carbocycles.